The molecule has 7 nitrogen and oxygen atoms in total. The number of aromatic carboxylic acids is 1. The molecule has 0 saturated carbocycles. The number of carboxylic acids is 1. The van der Waals surface area contributed by atoms with Crippen LogP contribution in [0.1, 0.15) is 15.9 Å². The molecule has 108 valence electrons. The molecule has 1 heterocycles. The maximum Gasteiger partial charge on any atom is 0.341 e. The zero-order valence-corrected chi connectivity index (χ0v) is 12.3. The van der Waals surface area contributed by atoms with Crippen molar-refractivity contribution in [3.05, 3.63) is 56.3 Å². The highest BCUT2D eigenvalue weighted by molar-refractivity contribution is 9.10. The van der Waals surface area contributed by atoms with E-state index in [-0.39, 0.29) is 22.7 Å². The van der Waals surface area contributed by atoms with Crippen LogP contribution in [0.3, 0.4) is 0 Å². The fourth-order valence-corrected chi connectivity index (χ4v) is 2.28. The molecule has 1 aromatic heterocycles. The van der Waals surface area contributed by atoms with E-state index in [0.29, 0.717) is 10.0 Å². The summed E-state index contributed by atoms with van der Waals surface area (Å²) in [4.78, 5) is 25.3. The van der Waals surface area contributed by atoms with E-state index in [0.717, 1.165) is 6.20 Å². The van der Waals surface area contributed by atoms with E-state index in [9.17, 15) is 14.9 Å². The van der Waals surface area contributed by atoms with Crippen molar-refractivity contribution in [3.63, 3.8) is 0 Å². The Morgan fingerprint density at radius 2 is 2.19 bits per heavy atom. The second-order valence-corrected chi connectivity index (χ2v) is 5.02. The molecule has 2 rings (SSSR count). The number of rotatable bonds is 4. The SMILES string of the molecule is Cc1cc(Br)cc([N+](=O)[O-])c1Oc1ccncc1C(=O)O. The summed E-state index contributed by atoms with van der Waals surface area (Å²) in [6.45, 7) is 1.63. The molecule has 2 aromatic rings. The summed E-state index contributed by atoms with van der Waals surface area (Å²) in [5, 5.41) is 20.2. The highest BCUT2D eigenvalue weighted by Crippen LogP contribution is 2.37. The predicted molar refractivity (Wildman–Crippen MR) is 76.8 cm³/mol. The van der Waals surface area contributed by atoms with Gasteiger partial charge in [-0.25, -0.2) is 4.79 Å². The number of ether oxygens (including phenoxy) is 1. The van der Waals surface area contributed by atoms with Gasteiger partial charge in [-0.15, -0.1) is 0 Å². The summed E-state index contributed by atoms with van der Waals surface area (Å²) in [5.74, 6) is -1.24. The van der Waals surface area contributed by atoms with Gasteiger partial charge in [0, 0.05) is 29.0 Å². The van der Waals surface area contributed by atoms with Gasteiger partial charge in [0.1, 0.15) is 11.3 Å². The number of nitro groups is 1. The molecule has 0 fully saturated rings. The van der Waals surface area contributed by atoms with Crippen molar-refractivity contribution in [2.24, 2.45) is 0 Å². The average molecular weight is 353 g/mol. The van der Waals surface area contributed by atoms with Crippen molar-refractivity contribution < 1.29 is 19.6 Å². The van der Waals surface area contributed by atoms with Gasteiger partial charge in [-0.3, -0.25) is 15.1 Å². The number of nitro benzene ring substituents is 1. The van der Waals surface area contributed by atoms with E-state index < -0.39 is 10.9 Å². The Kier molecular flexibility index (Phi) is 4.18. The minimum Gasteiger partial charge on any atom is -0.477 e. The van der Waals surface area contributed by atoms with Crippen LogP contribution in [-0.4, -0.2) is 21.0 Å². The van der Waals surface area contributed by atoms with E-state index in [4.69, 9.17) is 9.84 Å². The van der Waals surface area contributed by atoms with Gasteiger partial charge < -0.3 is 9.84 Å². The molecule has 0 aliphatic carbocycles. The third-order valence-electron chi connectivity index (χ3n) is 2.64. The third-order valence-corrected chi connectivity index (χ3v) is 3.10. The Morgan fingerprint density at radius 1 is 1.48 bits per heavy atom. The molecular formula is C13H9BrN2O5. The van der Waals surface area contributed by atoms with Crippen LogP contribution in [-0.2, 0) is 0 Å². The summed E-state index contributed by atoms with van der Waals surface area (Å²) < 4.78 is 6.00. The van der Waals surface area contributed by atoms with Crippen LogP contribution in [0.5, 0.6) is 11.5 Å². The highest BCUT2D eigenvalue weighted by atomic mass is 79.9. The first-order valence-corrected chi connectivity index (χ1v) is 6.49. The van der Waals surface area contributed by atoms with Crippen molar-refractivity contribution >= 4 is 27.6 Å². The lowest BCUT2D eigenvalue weighted by atomic mass is 10.2. The van der Waals surface area contributed by atoms with Crippen molar-refractivity contribution in [3.8, 4) is 11.5 Å². The number of carboxylic acid groups (broad SMARTS) is 1. The van der Waals surface area contributed by atoms with E-state index in [1.807, 2.05) is 0 Å². The molecule has 8 heteroatoms. The fraction of sp³-hybridized carbons (Fsp3) is 0.0769. The van der Waals surface area contributed by atoms with Gasteiger partial charge in [-0.05, 0) is 18.6 Å². The number of hydrogen-bond acceptors (Lipinski definition) is 5. The lowest BCUT2D eigenvalue weighted by Crippen LogP contribution is -2.02. The Hall–Kier alpha value is -2.48. The first-order chi connectivity index (χ1) is 9.90. The second-order valence-electron chi connectivity index (χ2n) is 4.11. The second kappa shape index (κ2) is 5.88. The van der Waals surface area contributed by atoms with Crippen LogP contribution >= 0.6 is 15.9 Å². The first-order valence-electron chi connectivity index (χ1n) is 5.70. The maximum atomic E-state index is 11.1. The largest absolute Gasteiger partial charge is 0.477 e. The number of aryl methyl sites for hydroxylation is 1. The van der Waals surface area contributed by atoms with Crippen LogP contribution in [0.2, 0.25) is 0 Å². The minimum absolute atomic E-state index is 0.00287. The van der Waals surface area contributed by atoms with Crippen LogP contribution in [0, 0.1) is 17.0 Å². The average Bonchev–Trinajstić information content (AvgIpc) is 2.41. The molecule has 0 bridgehead atoms. The molecule has 21 heavy (non-hydrogen) atoms. The number of hydrogen-bond donors (Lipinski definition) is 1. The topological polar surface area (TPSA) is 103 Å². The van der Waals surface area contributed by atoms with Crippen molar-refractivity contribution in [1.29, 1.82) is 0 Å². The first kappa shape index (κ1) is 14.9. The summed E-state index contributed by atoms with van der Waals surface area (Å²) in [6, 6.07) is 4.28. The molecular weight excluding hydrogens is 344 g/mol. The molecule has 1 N–H and O–H groups in total. The molecule has 0 radical (unpaired) electrons. The summed E-state index contributed by atoms with van der Waals surface area (Å²) in [5.41, 5.74) is 0.0772. The van der Waals surface area contributed by atoms with Crippen LogP contribution in [0.15, 0.2) is 35.1 Å². The normalized spacial score (nSPS) is 10.2. The monoisotopic (exact) mass is 352 g/mol. The van der Waals surface area contributed by atoms with Gasteiger partial charge in [-0.1, -0.05) is 15.9 Å². The summed E-state index contributed by atoms with van der Waals surface area (Å²) >= 11 is 3.17. The Bertz CT molecular complexity index is 732. The summed E-state index contributed by atoms with van der Waals surface area (Å²) in [7, 11) is 0. The Morgan fingerprint density at radius 3 is 2.81 bits per heavy atom. The van der Waals surface area contributed by atoms with E-state index in [1.54, 1.807) is 13.0 Å². The molecule has 0 aliphatic heterocycles. The molecule has 0 atom stereocenters. The highest BCUT2D eigenvalue weighted by Gasteiger charge is 2.22. The molecule has 0 saturated heterocycles. The number of benzene rings is 1. The maximum absolute atomic E-state index is 11.1. The number of aromatic nitrogens is 1. The van der Waals surface area contributed by atoms with Gasteiger partial charge in [0.2, 0.25) is 5.75 Å². The minimum atomic E-state index is -1.23. The number of carbonyl (C=O) groups is 1. The number of pyridine rings is 1. The lowest BCUT2D eigenvalue weighted by Gasteiger charge is -2.11. The van der Waals surface area contributed by atoms with Gasteiger partial charge in [0.25, 0.3) is 0 Å². The number of halogens is 1. The molecule has 1 aromatic carbocycles. The predicted octanol–water partition coefficient (Wildman–Crippen LogP) is 3.55. The molecule has 0 spiro atoms. The van der Waals surface area contributed by atoms with E-state index in [1.165, 1.54) is 18.3 Å². The zero-order chi connectivity index (χ0) is 15.6. The summed E-state index contributed by atoms with van der Waals surface area (Å²) in [6.07, 6.45) is 2.47. The molecule has 0 aliphatic rings. The van der Waals surface area contributed by atoms with Gasteiger partial charge >= 0.3 is 11.7 Å². The molecule has 0 amide bonds. The zero-order valence-electron chi connectivity index (χ0n) is 10.7. The van der Waals surface area contributed by atoms with Crippen molar-refractivity contribution in [1.82, 2.24) is 4.98 Å². The lowest BCUT2D eigenvalue weighted by molar-refractivity contribution is -0.385. The molecule has 0 unspecified atom stereocenters. The standard InChI is InChI=1S/C13H9BrN2O5/c1-7-4-8(14)5-10(16(19)20)12(7)21-11-2-3-15-6-9(11)13(17)18/h2-6H,1H3,(H,17,18). The van der Waals surface area contributed by atoms with Crippen molar-refractivity contribution in [2.45, 2.75) is 6.92 Å². The van der Waals surface area contributed by atoms with Gasteiger partial charge in [0.05, 0.1) is 4.92 Å². The third kappa shape index (κ3) is 3.16. The quantitative estimate of drug-likeness (QED) is 0.666. The smallest absolute Gasteiger partial charge is 0.341 e. The van der Waals surface area contributed by atoms with Crippen LogP contribution in [0.4, 0.5) is 5.69 Å². The fourth-order valence-electron chi connectivity index (χ4n) is 1.72. The Balaban J connectivity index is 2.55. The van der Waals surface area contributed by atoms with E-state index >= 15 is 0 Å². The van der Waals surface area contributed by atoms with Crippen LogP contribution in [0.25, 0.3) is 0 Å². The van der Waals surface area contributed by atoms with Gasteiger partial charge in [0.15, 0.2) is 0 Å². The Labute approximate surface area is 127 Å². The van der Waals surface area contributed by atoms with E-state index in [2.05, 4.69) is 20.9 Å². The van der Waals surface area contributed by atoms with Crippen LogP contribution < -0.4 is 4.74 Å². The van der Waals surface area contributed by atoms with Crippen molar-refractivity contribution in [2.75, 3.05) is 0 Å². The van der Waals surface area contributed by atoms with Gasteiger partial charge in [-0.2, -0.15) is 0 Å². The number of nitrogens with zero attached hydrogens (tertiary/aromatic N) is 2.